The average molecular weight is 531 g/mol. The predicted molar refractivity (Wildman–Crippen MR) is 155 cm³/mol. The molecular weight excluding hydrogens is 496 g/mol. The number of anilines is 2. The van der Waals surface area contributed by atoms with Crippen LogP contribution in [0.1, 0.15) is 12.0 Å². The van der Waals surface area contributed by atoms with E-state index in [2.05, 4.69) is 20.6 Å². The second-order valence-corrected chi connectivity index (χ2v) is 8.57. The monoisotopic (exact) mass is 530 g/mol. The summed E-state index contributed by atoms with van der Waals surface area (Å²) in [5.41, 5.74) is 3.32. The van der Waals surface area contributed by atoms with Crippen LogP contribution in [0.3, 0.4) is 0 Å². The van der Waals surface area contributed by atoms with Gasteiger partial charge in [-0.15, -0.1) is 0 Å². The SMILES string of the molecule is CN=Cc1cnc2cc(OCCCNCCO)c(OC)cc2c1Nc1ccc(Oc2ccccc2OC)cc1. The summed E-state index contributed by atoms with van der Waals surface area (Å²) in [6.07, 6.45) is 4.35. The summed E-state index contributed by atoms with van der Waals surface area (Å²) in [5, 5.41) is 16.4. The highest BCUT2D eigenvalue weighted by molar-refractivity contribution is 6.03. The van der Waals surface area contributed by atoms with Crippen LogP contribution >= 0.6 is 0 Å². The number of aliphatic hydroxyl groups excluding tert-OH is 1. The molecule has 4 aromatic rings. The van der Waals surface area contributed by atoms with Crippen molar-refractivity contribution in [3.05, 3.63) is 72.4 Å². The van der Waals surface area contributed by atoms with Gasteiger partial charge in [0.1, 0.15) is 5.75 Å². The largest absolute Gasteiger partial charge is 0.493 e. The first-order valence-corrected chi connectivity index (χ1v) is 12.7. The van der Waals surface area contributed by atoms with Crippen molar-refractivity contribution in [2.75, 3.05) is 52.9 Å². The number of nitrogens with zero attached hydrogens (tertiary/aromatic N) is 2. The zero-order chi connectivity index (χ0) is 27.5. The number of hydrogen-bond acceptors (Lipinski definition) is 9. The normalized spacial score (nSPS) is 11.1. The van der Waals surface area contributed by atoms with E-state index in [0.717, 1.165) is 40.8 Å². The van der Waals surface area contributed by atoms with Crippen molar-refractivity contribution in [3.63, 3.8) is 0 Å². The second-order valence-electron chi connectivity index (χ2n) is 8.57. The van der Waals surface area contributed by atoms with Gasteiger partial charge in [-0.25, -0.2) is 0 Å². The molecule has 0 bridgehead atoms. The highest BCUT2D eigenvalue weighted by Crippen LogP contribution is 2.37. The Morgan fingerprint density at radius 3 is 2.41 bits per heavy atom. The third-order valence-electron chi connectivity index (χ3n) is 5.92. The molecule has 0 aliphatic carbocycles. The van der Waals surface area contributed by atoms with E-state index in [-0.39, 0.29) is 6.61 Å². The number of pyridine rings is 1. The molecule has 0 amide bonds. The topological polar surface area (TPSA) is 106 Å². The number of hydrogen-bond donors (Lipinski definition) is 3. The number of benzene rings is 3. The first-order valence-electron chi connectivity index (χ1n) is 12.7. The fourth-order valence-corrected chi connectivity index (χ4v) is 4.03. The molecule has 0 saturated carbocycles. The Bertz CT molecular complexity index is 1390. The van der Waals surface area contributed by atoms with Gasteiger partial charge < -0.3 is 34.7 Å². The van der Waals surface area contributed by atoms with E-state index in [1.54, 1.807) is 33.7 Å². The zero-order valence-corrected chi connectivity index (χ0v) is 22.4. The van der Waals surface area contributed by atoms with Crippen molar-refractivity contribution in [2.45, 2.75) is 6.42 Å². The average Bonchev–Trinajstić information content (AvgIpc) is 2.97. The van der Waals surface area contributed by atoms with Gasteiger partial charge in [-0.1, -0.05) is 12.1 Å². The van der Waals surface area contributed by atoms with Crippen LogP contribution in [0.5, 0.6) is 28.7 Å². The van der Waals surface area contributed by atoms with Crippen molar-refractivity contribution in [1.82, 2.24) is 10.3 Å². The number of aromatic nitrogens is 1. The van der Waals surface area contributed by atoms with Gasteiger partial charge in [-0.2, -0.15) is 0 Å². The van der Waals surface area contributed by atoms with Crippen LogP contribution in [0.4, 0.5) is 11.4 Å². The van der Waals surface area contributed by atoms with Gasteiger partial charge >= 0.3 is 0 Å². The third-order valence-corrected chi connectivity index (χ3v) is 5.92. The van der Waals surface area contributed by atoms with Gasteiger partial charge in [0.15, 0.2) is 23.0 Å². The Hall–Kier alpha value is -4.34. The molecule has 0 aliphatic rings. The van der Waals surface area contributed by atoms with E-state index in [9.17, 15) is 0 Å². The molecule has 9 heteroatoms. The van der Waals surface area contributed by atoms with Crippen molar-refractivity contribution in [3.8, 4) is 28.7 Å². The molecule has 1 heterocycles. The molecule has 4 rings (SSSR count). The van der Waals surface area contributed by atoms with Crippen molar-refractivity contribution < 1.29 is 24.1 Å². The molecule has 9 nitrogen and oxygen atoms in total. The number of rotatable bonds is 14. The quantitative estimate of drug-likeness (QED) is 0.151. The third kappa shape index (κ3) is 7.16. The number of ether oxygens (including phenoxy) is 4. The van der Waals surface area contributed by atoms with E-state index in [0.29, 0.717) is 41.9 Å². The van der Waals surface area contributed by atoms with E-state index in [1.807, 2.05) is 60.7 Å². The molecule has 3 aromatic carbocycles. The fraction of sp³-hybridized carbons (Fsp3) is 0.267. The van der Waals surface area contributed by atoms with Crippen LogP contribution in [0.2, 0.25) is 0 Å². The van der Waals surface area contributed by atoms with Crippen molar-refractivity contribution in [2.24, 2.45) is 4.99 Å². The minimum atomic E-state index is 0.118. The maximum Gasteiger partial charge on any atom is 0.169 e. The zero-order valence-electron chi connectivity index (χ0n) is 22.4. The van der Waals surface area contributed by atoms with Crippen LogP contribution in [0.25, 0.3) is 10.9 Å². The first kappa shape index (κ1) is 27.7. The van der Waals surface area contributed by atoms with Crippen LogP contribution in [-0.2, 0) is 0 Å². The number of para-hydroxylation sites is 2. The fourth-order valence-electron chi connectivity index (χ4n) is 4.03. The van der Waals surface area contributed by atoms with Crippen LogP contribution < -0.4 is 29.6 Å². The smallest absolute Gasteiger partial charge is 0.169 e. The molecule has 39 heavy (non-hydrogen) atoms. The number of fused-ring (bicyclic) bond motifs is 1. The van der Waals surface area contributed by atoms with E-state index in [1.165, 1.54) is 0 Å². The molecular formula is C30H34N4O5. The van der Waals surface area contributed by atoms with Gasteiger partial charge in [0, 0.05) is 48.7 Å². The molecule has 0 fully saturated rings. The predicted octanol–water partition coefficient (Wildman–Crippen LogP) is 5.19. The van der Waals surface area contributed by atoms with Gasteiger partial charge in [0.05, 0.1) is 38.6 Å². The van der Waals surface area contributed by atoms with Crippen molar-refractivity contribution >= 4 is 28.5 Å². The minimum absolute atomic E-state index is 0.118. The van der Waals surface area contributed by atoms with E-state index < -0.39 is 0 Å². The maximum absolute atomic E-state index is 8.88. The molecule has 1 aromatic heterocycles. The number of aliphatic hydroxyl groups is 1. The lowest BCUT2D eigenvalue weighted by atomic mass is 10.1. The Labute approximate surface area is 228 Å². The molecule has 0 spiro atoms. The Morgan fingerprint density at radius 1 is 0.923 bits per heavy atom. The maximum atomic E-state index is 8.88. The molecule has 3 N–H and O–H groups in total. The minimum Gasteiger partial charge on any atom is -0.493 e. The molecule has 0 radical (unpaired) electrons. The Balaban J connectivity index is 1.57. The summed E-state index contributed by atoms with van der Waals surface area (Å²) in [6, 6.07) is 19.0. The highest BCUT2D eigenvalue weighted by atomic mass is 16.5. The summed E-state index contributed by atoms with van der Waals surface area (Å²) in [7, 11) is 4.97. The molecule has 0 atom stereocenters. The lowest BCUT2D eigenvalue weighted by Gasteiger charge is -2.16. The number of aliphatic imine (C=N–C) groups is 1. The van der Waals surface area contributed by atoms with Crippen molar-refractivity contribution in [1.29, 1.82) is 0 Å². The summed E-state index contributed by atoms with van der Waals surface area (Å²) < 4.78 is 23.0. The first-order chi connectivity index (χ1) is 19.2. The lowest BCUT2D eigenvalue weighted by molar-refractivity contribution is 0.275. The van der Waals surface area contributed by atoms with E-state index >= 15 is 0 Å². The highest BCUT2D eigenvalue weighted by Gasteiger charge is 2.14. The molecule has 0 saturated heterocycles. The lowest BCUT2D eigenvalue weighted by Crippen LogP contribution is -2.20. The van der Waals surface area contributed by atoms with Crippen LogP contribution in [0.15, 0.2) is 71.9 Å². The van der Waals surface area contributed by atoms with Gasteiger partial charge in [-0.3, -0.25) is 9.98 Å². The van der Waals surface area contributed by atoms with Crippen LogP contribution in [-0.4, -0.2) is 63.9 Å². The second kappa shape index (κ2) is 14.0. The molecule has 204 valence electrons. The standard InChI is InChI=1S/C30H34N4O5/c1-31-19-21-20-33-25-18-29(38-16-6-13-32-14-15-35)28(37-3)17-24(25)30(21)34-22-9-11-23(12-10-22)39-27-8-5-4-7-26(27)36-2/h4-5,7-12,17-20,32,35H,6,13-16H2,1-3H3,(H,33,34). The molecule has 0 unspecified atom stereocenters. The van der Waals surface area contributed by atoms with Gasteiger partial charge in [0.25, 0.3) is 0 Å². The van der Waals surface area contributed by atoms with Gasteiger partial charge in [-0.05, 0) is 55.4 Å². The summed E-state index contributed by atoms with van der Waals surface area (Å²) in [5.74, 6) is 3.24. The van der Waals surface area contributed by atoms with Crippen LogP contribution in [0, 0.1) is 0 Å². The molecule has 0 aliphatic heterocycles. The Kier molecular flexibility index (Phi) is 9.93. The van der Waals surface area contributed by atoms with Gasteiger partial charge in [0.2, 0.25) is 0 Å². The summed E-state index contributed by atoms with van der Waals surface area (Å²) in [6.45, 7) is 1.95. The number of methoxy groups -OCH3 is 2. The summed E-state index contributed by atoms with van der Waals surface area (Å²) in [4.78, 5) is 8.85. The summed E-state index contributed by atoms with van der Waals surface area (Å²) >= 11 is 0. The number of nitrogens with one attached hydrogen (secondary N) is 2. The van der Waals surface area contributed by atoms with E-state index in [4.69, 9.17) is 24.1 Å². The Morgan fingerprint density at radius 2 is 1.69 bits per heavy atom.